The molecule has 0 spiro atoms. The molecule has 1 aromatic heterocycles. The van der Waals surface area contributed by atoms with Gasteiger partial charge in [0.25, 0.3) is 0 Å². The second-order valence-corrected chi connectivity index (χ2v) is 11.5. The lowest BCUT2D eigenvalue weighted by molar-refractivity contribution is -0.187. The number of halogens is 3. The Morgan fingerprint density at radius 3 is 2.31 bits per heavy atom. The van der Waals surface area contributed by atoms with Crippen molar-refractivity contribution in [3.05, 3.63) is 17.6 Å². The van der Waals surface area contributed by atoms with Crippen LogP contribution in [0.3, 0.4) is 0 Å². The number of alkyl halides is 3. The van der Waals surface area contributed by atoms with Gasteiger partial charge in [-0.3, -0.25) is 14.4 Å². The highest BCUT2D eigenvalue weighted by Crippen LogP contribution is 2.60. The first kappa shape index (κ1) is 23.7. The summed E-state index contributed by atoms with van der Waals surface area (Å²) >= 11 is 0. The predicted octanol–water partition coefficient (Wildman–Crippen LogP) is 3.07. The monoisotopic (exact) mass is 505 g/mol. The van der Waals surface area contributed by atoms with Gasteiger partial charge < -0.3 is 15.1 Å². The van der Waals surface area contributed by atoms with E-state index in [-0.39, 0.29) is 37.4 Å². The molecule has 8 nitrogen and oxygen atoms in total. The van der Waals surface area contributed by atoms with E-state index in [4.69, 9.17) is 0 Å². The molecule has 1 N–H and O–H groups in total. The van der Waals surface area contributed by atoms with Crippen LogP contribution in [0.1, 0.15) is 62.6 Å². The molecule has 1 unspecified atom stereocenters. The first-order chi connectivity index (χ1) is 17.1. The number of carbonyl (C=O) groups is 3. The minimum atomic E-state index is -5.01. The molecule has 194 valence electrons. The van der Waals surface area contributed by atoms with E-state index in [1.165, 1.54) is 30.5 Å². The van der Waals surface area contributed by atoms with Gasteiger partial charge in [0.05, 0.1) is 17.7 Å². The highest BCUT2D eigenvalue weighted by molar-refractivity contribution is 5.95. The second-order valence-electron chi connectivity index (χ2n) is 11.5. The van der Waals surface area contributed by atoms with Crippen LogP contribution in [0.25, 0.3) is 0 Å². The second kappa shape index (κ2) is 8.41. The molecule has 4 bridgehead atoms. The van der Waals surface area contributed by atoms with E-state index < -0.39 is 24.0 Å². The van der Waals surface area contributed by atoms with Gasteiger partial charge in [-0.15, -0.1) is 0 Å². The van der Waals surface area contributed by atoms with Crippen LogP contribution in [-0.4, -0.2) is 62.8 Å². The summed E-state index contributed by atoms with van der Waals surface area (Å²) in [5.74, 6) is -0.0297. The van der Waals surface area contributed by atoms with E-state index in [2.05, 4.69) is 15.3 Å². The van der Waals surface area contributed by atoms with Crippen molar-refractivity contribution >= 4 is 23.5 Å². The number of fused-ring (bicyclic) bond motifs is 1. The van der Waals surface area contributed by atoms with Crippen molar-refractivity contribution in [3.63, 3.8) is 0 Å². The topological polar surface area (TPSA) is 95.5 Å². The molecule has 1 saturated heterocycles. The van der Waals surface area contributed by atoms with Crippen LogP contribution in [0.5, 0.6) is 0 Å². The van der Waals surface area contributed by atoms with Crippen molar-refractivity contribution < 1.29 is 27.6 Å². The first-order valence-electron chi connectivity index (χ1n) is 12.9. The smallest absolute Gasteiger partial charge is 0.335 e. The van der Waals surface area contributed by atoms with Gasteiger partial charge in [0, 0.05) is 18.7 Å². The van der Waals surface area contributed by atoms with E-state index in [0.717, 1.165) is 24.8 Å². The number of carbonyl (C=O) groups excluding carboxylic acids is 3. The Hall–Kier alpha value is -2.72. The highest BCUT2D eigenvalue weighted by atomic mass is 19.4. The van der Waals surface area contributed by atoms with Crippen LogP contribution in [0.4, 0.5) is 19.0 Å². The number of amides is 3. The minimum absolute atomic E-state index is 0.0354. The first-order valence-corrected chi connectivity index (χ1v) is 12.9. The number of nitrogens with one attached hydrogen (secondary N) is 1. The Labute approximate surface area is 207 Å². The van der Waals surface area contributed by atoms with Gasteiger partial charge in [-0.2, -0.15) is 13.2 Å². The SMILES string of the molecule is O=C(C1CCCN1C(=O)C(F)(F)F)N1CCc2c(ncnc2NC(=O)C23CC4CC(CC(C4)C2)C3)C1. The van der Waals surface area contributed by atoms with Crippen molar-refractivity contribution in [2.24, 2.45) is 23.2 Å². The van der Waals surface area contributed by atoms with Crippen LogP contribution in [-0.2, 0) is 27.3 Å². The zero-order valence-electron chi connectivity index (χ0n) is 20.0. The fourth-order valence-electron chi connectivity index (χ4n) is 7.92. The molecule has 0 radical (unpaired) electrons. The molecule has 11 heteroatoms. The van der Waals surface area contributed by atoms with E-state index in [1.54, 1.807) is 0 Å². The maximum absolute atomic E-state index is 13.5. The van der Waals surface area contributed by atoms with Gasteiger partial charge in [-0.1, -0.05) is 0 Å². The molecule has 36 heavy (non-hydrogen) atoms. The molecule has 6 aliphatic rings. The fraction of sp³-hybridized carbons (Fsp3) is 0.720. The Bertz CT molecular complexity index is 1070. The normalized spacial score (nSPS) is 33.0. The zero-order valence-corrected chi connectivity index (χ0v) is 20.0. The maximum atomic E-state index is 13.5. The molecule has 3 amide bonds. The summed E-state index contributed by atoms with van der Waals surface area (Å²) < 4.78 is 39.0. The lowest BCUT2D eigenvalue weighted by Crippen LogP contribution is -2.52. The largest absolute Gasteiger partial charge is 0.471 e. The van der Waals surface area contributed by atoms with Crippen molar-refractivity contribution in [2.75, 3.05) is 18.4 Å². The number of likely N-dealkylation sites (tertiary alicyclic amines) is 1. The van der Waals surface area contributed by atoms with Gasteiger partial charge in [-0.25, -0.2) is 9.97 Å². The predicted molar refractivity (Wildman–Crippen MR) is 121 cm³/mol. The maximum Gasteiger partial charge on any atom is 0.471 e. The Kier molecular flexibility index (Phi) is 5.53. The third kappa shape index (κ3) is 3.94. The summed E-state index contributed by atoms with van der Waals surface area (Å²) in [6.45, 7) is 0.299. The Balaban J connectivity index is 1.16. The number of rotatable bonds is 3. The van der Waals surface area contributed by atoms with Crippen LogP contribution in [0.15, 0.2) is 6.33 Å². The van der Waals surface area contributed by atoms with E-state index in [9.17, 15) is 27.6 Å². The summed E-state index contributed by atoms with van der Waals surface area (Å²) in [5, 5.41) is 3.09. The fourth-order valence-corrected chi connectivity index (χ4v) is 7.92. The van der Waals surface area contributed by atoms with E-state index in [1.807, 2.05) is 0 Å². The van der Waals surface area contributed by atoms with Gasteiger partial charge >= 0.3 is 12.1 Å². The van der Waals surface area contributed by atoms with Gasteiger partial charge in [0.2, 0.25) is 11.8 Å². The average molecular weight is 506 g/mol. The summed E-state index contributed by atoms with van der Waals surface area (Å²) in [6, 6.07) is -1.11. The quantitative estimate of drug-likeness (QED) is 0.681. The van der Waals surface area contributed by atoms with Crippen molar-refractivity contribution in [1.82, 2.24) is 19.8 Å². The molecule has 4 saturated carbocycles. The Morgan fingerprint density at radius 1 is 1.00 bits per heavy atom. The molecule has 5 fully saturated rings. The number of hydrogen-bond donors (Lipinski definition) is 1. The summed E-state index contributed by atoms with van der Waals surface area (Å²) in [6.07, 6.45) is 3.85. The molecular formula is C25H30F3N5O3. The summed E-state index contributed by atoms with van der Waals surface area (Å²) in [5.41, 5.74) is 1.03. The van der Waals surface area contributed by atoms with Crippen LogP contribution in [0.2, 0.25) is 0 Å². The molecule has 2 aliphatic heterocycles. The molecule has 3 heterocycles. The molecule has 0 aromatic carbocycles. The number of nitrogens with zero attached hydrogens (tertiary/aromatic N) is 4. The van der Waals surface area contributed by atoms with Gasteiger partial charge in [0.1, 0.15) is 18.2 Å². The minimum Gasteiger partial charge on any atom is -0.335 e. The molecule has 1 atom stereocenters. The highest BCUT2D eigenvalue weighted by Gasteiger charge is 2.55. The van der Waals surface area contributed by atoms with Crippen LogP contribution < -0.4 is 5.32 Å². The number of anilines is 1. The molecule has 7 rings (SSSR count). The Morgan fingerprint density at radius 2 is 1.67 bits per heavy atom. The lowest BCUT2D eigenvalue weighted by atomic mass is 9.49. The average Bonchev–Trinajstić information content (AvgIpc) is 3.31. The lowest BCUT2D eigenvalue weighted by Gasteiger charge is -2.55. The van der Waals surface area contributed by atoms with Crippen molar-refractivity contribution in [2.45, 2.75) is 76.6 Å². The standard InChI is InChI=1S/C25H30F3N5O3/c26-25(27,28)23(36)33-4-1-2-19(33)21(34)32-5-3-17-18(12-32)29-13-30-20(17)31-22(35)24-9-14-6-15(10-24)8-16(7-14)11-24/h13-16,19H,1-12H2,(H,29,30,31,35). The van der Waals surface area contributed by atoms with E-state index in [0.29, 0.717) is 47.0 Å². The summed E-state index contributed by atoms with van der Waals surface area (Å²) in [7, 11) is 0. The molecule has 4 aliphatic carbocycles. The van der Waals surface area contributed by atoms with Crippen LogP contribution in [0, 0.1) is 23.2 Å². The van der Waals surface area contributed by atoms with E-state index >= 15 is 0 Å². The summed E-state index contributed by atoms with van der Waals surface area (Å²) in [4.78, 5) is 49.2. The van der Waals surface area contributed by atoms with Gasteiger partial charge in [-0.05, 0) is 75.5 Å². The van der Waals surface area contributed by atoms with Gasteiger partial charge in [0.15, 0.2) is 0 Å². The number of aromatic nitrogens is 2. The molecule has 1 aromatic rings. The third-order valence-electron chi connectivity index (χ3n) is 9.11. The zero-order chi connectivity index (χ0) is 25.2. The van der Waals surface area contributed by atoms with Crippen molar-refractivity contribution in [1.29, 1.82) is 0 Å². The van der Waals surface area contributed by atoms with Crippen LogP contribution >= 0.6 is 0 Å². The molecular weight excluding hydrogens is 475 g/mol. The third-order valence-corrected chi connectivity index (χ3v) is 9.11. The number of hydrogen-bond acceptors (Lipinski definition) is 5. The van der Waals surface area contributed by atoms with Crippen molar-refractivity contribution in [3.8, 4) is 0 Å².